The average Bonchev–Trinajstić information content (AvgIpc) is 3.06. The molecule has 0 aliphatic carbocycles. The van der Waals surface area contributed by atoms with Crippen LogP contribution in [-0.2, 0) is 24.4 Å². The van der Waals surface area contributed by atoms with E-state index in [2.05, 4.69) is 72.7 Å². The van der Waals surface area contributed by atoms with E-state index in [1.165, 1.54) is 0 Å². The summed E-state index contributed by atoms with van der Waals surface area (Å²) in [6.45, 7) is 18.0. The zero-order valence-corrected chi connectivity index (χ0v) is 31.4. The van der Waals surface area contributed by atoms with Crippen LogP contribution in [0.3, 0.4) is 0 Å². The van der Waals surface area contributed by atoms with Crippen molar-refractivity contribution in [3.63, 3.8) is 0 Å². The number of nitrogens with one attached hydrogen (secondary N) is 1. The molecule has 0 spiro atoms. The van der Waals surface area contributed by atoms with Crippen molar-refractivity contribution in [2.45, 2.75) is 45.6 Å². The van der Waals surface area contributed by atoms with Crippen LogP contribution < -0.4 is 22.5 Å². The van der Waals surface area contributed by atoms with Crippen LogP contribution in [0.2, 0.25) is 0 Å². The largest absolute Gasteiger partial charge is 0.399 e. The standard InChI is InChI=1S/C14H25N5.C12H20N4.C11H16N4O/c1-17(2)5-6-18-7-9-19(10-8-18)12-14-11-13(15)3-4-16-14;1-9-6-16(7-10(2)15-9)8-12-5-11(13)3-4-14-12;1-14-4-5-15(8-11(14)16)7-10-6-9(12)2-3-13-10/h3-4,11H,5-10,12H2,1-2H3,(H2,15,16);3-5,9-10,15H,6-8H2,1-2H3,(H2,13,14);2-3,6H,4-5,7-8H2,1H3,(H2,12,13)/t;9-,10+;. The first-order valence-corrected chi connectivity index (χ1v) is 18.1. The Kier molecular flexibility index (Phi) is 15.8. The van der Waals surface area contributed by atoms with Gasteiger partial charge in [0.05, 0.1) is 23.6 Å². The quantitative estimate of drug-likeness (QED) is 0.251. The number of hydrogen-bond acceptors (Lipinski definition) is 13. The lowest BCUT2D eigenvalue weighted by Gasteiger charge is -2.35. The number of aromatic nitrogens is 3. The summed E-state index contributed by atoms with van der Waals surface area (Å²) in [6.07, 6.45) is 5.26. The lowest BCUT2D eigenvalue weighted by molar-refractivity contribution is -0.134. The number of nitrogens with two attached hydrogens (primary N) is 3. The number of piperazine rings is 3. The summed E-state index contributed by atoms with van der Waals surface area (Å²) in [5.74, 6) is 0.162. The molecule has 7 N–H and O–H groups in total. The van der Waals surface area contributed by atoms with Crippen molar-refractivity contribution in [2.75, 3.05) is 110 Å². The fourth-order valence-electron chi connectivity index (χ4n) is 6.46. The fraction of sp³-hybridized carbons (Fsp3) is 0.568. The van der Waals surface area contributed by atoms with Gasteiger partial charge in [-0.3, -0.25) is 39.3 Å². The van der Waals surface area contributed by atoms with Crippen molar-refractivity contribution >= 4 is 23.0 Å². The number of pyridine rings is 3. The molecule has 3 fully saturated rings. The normalized spacial score (nSPS) is 20.7. The van der Waals surface area contributed by atoms with Gasteiger partial charge in [-0.1, -0.05) is 0 Å². The number of hydrogen-bond donors (Lipinski definition) is 4. The first kappa shape index (κ1) is 39.9. The van der Waals surface area contributed by atoms with Crippen LogP contribution in [0, 0.1) is 0 Å². The molecule has 6 rings (SSSR count). The van der Waals surface area contributed by atoms with E-state index in [0.29, 0.717) is 30.9 Å². The third-order valence-electron chi connectivity index (χ3n) is 9.18. The van der Waals surface area contributed by atoms with Crippen molar-refractivity contribution < 1.29 is 4.79 Å². The summed E-state index contributed by atoms with van der Waals surface area (Å²) >= 11 is 0. The predicted molar refractivity (Wildman–Crippen MR) is 206 cm³/mol. The molecular formula is C37H61N13O. The van der Waals surface area contributed by atoms with Gasteiger partial charge >= 0.3 is 0 Å². The highest BCUT2D eigenvalue weighted by Crippen LogP contribution is 2.12. The fourth-order valence-corrected chi connectivity index (χ4v) is 6.46. The van der Waals surface area contributed by atoms with Crippen LogP contribution in [0.4, 0.5) is 17.1 Å². The Morgan fingerprint density at radius 2 is 1.12 bits per heavy atom. The third-order valence-corrected chi connectivity index (χ3v) is 9.18. The number of carbonyl (C=O) groups excluding carboxylic acids is 1. The smallest absolute Gasteiger partial charge is 0.236 e. The van der Waals surface area contributed by atoms with E-state index in [0.717, 1.165) is 107 Å². The lowest BCUT2D eigenvalue weighted by Crippen LogP contribution is -2.53. The molecule has 2 atom stereocenters. The minimum atomic E-state index is 0.162. The Morgan fingerprint density at radius 3 is 1.57 bits per heavy atom. The van der Waals surface area contributed by atoms with Gasteiger partial charge in [-0.15, -0.1) is 0 Å². The number of anilines is 3. The maximum Gasteiger partial charge on any atom is 0.236 e. The predicted octanol–water partition coefficient (Wildman–Crippen LogP) is 1.13. The summed E-state index contributed by atoms with van der Waals surface area (Å²) in [4.78, 5) is 37.9. The van der Waals surface area contributed by atoms with E-state index < -0.39 is 0 Å². The minimum absolute atomic E-state index is 0.162. The van der Waals surface area contributed by atoms with Gasteiger partial charge in [0.2, 0.25) is 5.91 Å². The first-order chi connectivity index (χ1) is 24.4. The first-order valence-electron chi connectivity index (χ1n) is 18.1. The molecule has 3 aliphatic heterocycles. The van der Waals surface area contributed by atoms with E-state index in [1.54, 1.807) is 29.6 Å². The van der Waals surface area contributed by atoms with Crippen LogP contribution >= 0.6 is 0 Å². The molecule has 280 valence electrons. The Balaban J connectivity index is 0.000000172. The van der Waals surface area contributed by atoms with Gasteiger partial charge < -0.3 is 32.3 Å². The summed E-state index contributed by atoms with van der Waals surface area (Å²) < 4.78 is 0. The van der Waals surface area contributed by atoms with Gasteiger partial charge in [-0.25, -0.2) is 0 Å². The van der Waals surface area contributed by atoms with Gasteiger partial charge in [0.25, 0.3) is 0 Å². The molecule has 0 aromatic carbocycles. The Bertz CT molecular complexity index is 1470. The van der Waals surface area contributed by atoms with Crippen molar-refractivity contribution in [1.82, 2.24) is 49.7 Å². The summed E-state index contributed by atoms with van der Waals surface area (Å²) in [7, 11) is 6.09. The molecule has 3 aliphatic rings. The highest BCUT2D eigenvalue weighted by molar-refractivity contribution is 5.78. The number of nitrogens with zero attached hydrogens (tertiary/aromatic N) is 9. The SMILES string of the molecule is CN(C)CCN1CCN(Cc2cc(N)ccn2)CC1.CN1CCN(Cc2cc(N)ccn2)CC1=O.C[C@@H]1CN(Cc2cc(N)ccn2)C[C@H](C)N1. The molecule has 0 unspecified atom stereocenters. The van der Waals surface area contributed by atoms with Crippen LogP contribution in [0.5, 0.6) is 0 Å². The topological polar surface area (TPSA) is 165 Å². The van der Waals surface area contributed by atoms with Gasteiger partial charge in [0.15, 0.2) is 0 Å². The second-order valence-electron chi connectivity index (χ2n) is 14.4. The van der Waals surface area contributed by atoms with Crippen molar-refractivity contribution in [1.29, 1.82) is 0 Å². The lowest BCUT2D eigenvalue weighted by atomic mass is 10.1. The Hall–Kier alpha value is -3.92. The van der Waals surface area contributed by atoms with Gasteiger partial charge in [-0.05, 0) is 64.3 Å². The minimum Gasteiger partial charge on any atom is -0.399 e. The van der Waals surface area contributed by atoms with Crippen LogP contribution in [-0.4, -0.2) is 155 Å². The van der Waals surface area contributed by atoms with Gasteiger partial charge in [0, 0.05) is 140 Å². The van der Waals surface area contributed by atoms with Crippen molar-refractivity contribution in [3.05, 3.63) is 72.1 Å². The monoisotopic (exact) mass is 704 g/mol. The summed E-state index contributed by atoms with van der Waals surface area (Å²) in [5.41, 5.74) is 22.6. The molecule has 1 amide bonds. The van der Waals surface area contributed by atoms with E-state index in [9.17, 15) is 4.79 Å². The van der Waals surface area contributed by atoms with E-state index in [1.807, 2.05) is 37.4 Å². The molecule has 51 heavy (non-hydrogen) atoms. The molecule has 0 saturated carbocycles. The number of nitrogen functional groups attached to an aromatic ring is 3. The zero-order chi connectivity index (χ0) is 36.8. The molecule has 6 heterocycles. The highest BCUT2D eigenvalue weighted by atomic mass is 16.2. The van der Waals surface area contributed by atoms with Crippen molar-refractivity contribution in [3.8, 4) is 0 Å². The Morgan fingerprint density at radius 1 is 0.686 bits per heavy atom. The van der Waals surface area contributed by atoms with Crippen LogP contribution in [0.25, 0.3) is 0 Å². The highest BCUT2D eigenvalue weighted by Gasteiger charge is 2.22. The van der Waals surface area contributed by atoms with Crippen LogP contribution in [0.1, 0.15) is 30.9 Å². The van der Waals surface area contributed by atoms with E-state index in [-0.39, 0.29) is 5.91 Å². The second kappa shape index (κ2) is 20.2. The molecule has 14 nitrogen and oxygen atoms in total. The maximum atomic E-state index is 11.5. The molecule has 14 heteroatoms. The van der Waals surface area contributed by atoms with E-state index in [4.69, 9.17) is 17.2 Å². The van der Waals surface area contributed by atoms with Crippen molar-refractivity contribution in [2.24, 2.45) is 0 Å². The number of amides is 1. The third kappa shape index (κ3) is 14.7. The number of likely N-dealkylation sites (N-methyl/N-ethyl adjacent to an activating group) is 2. The van der Waals surface area contributed by atoms with Gasteiger partial charge in [-0.2, -0.15) is 0 Å². The number of rotatable bonds is 9. The second-order valence-corrected chi connectivity index (χ2v) is 14.4. The number of carbonyl (C=O) groups is 1. The molecule has 0 bridgehead atoms. The molecule has 3 aromatic rings. The molecular weight excluding hydrogens is 642 g/mol. The molecule has 3 aromatic heterocycles. The maximum absolute atomic E-state index is 11.5. The summed E-state index contributed by atoms with van der Waals surface area (Å²) in [6, 6.07) is 12.3. The van der Waals surface area contributed by atoms with E-state index >= 15 is 0 Å². The average molecular weight is 704 g/mol. The summed E-state index contributed by atoms with van der Waals surface area (Å²) in [5, 5.41) is 3.52. The van der Waals surface area contributed by atoms with Crippen LogP contribution in [0.15, 0.2) is 55.0 Å². The van der Waals surface area contributed by atoms with Gasteiger partial charge in [0.1, 0.15) is 0 Å². The molecule has 0 radical (unpaired) electrons. The Labute approximate surface area is 305 Å². The molecule has 3 saturated heterocycles. The zero-order valence-electron chi connectivity index (χ0n) is 31.4.